The first-order valence-electron chi connectivity index (χ1n) is 4.79. The molecule has 0 saturated carbocycles. The van der Waals surface area contributed by atoms with Gasteiger partial charge in [0.2, 0.25) is 5.82 Å². The Bertz CT molecular complexity index is 576. The molecule has 1 N–H and O–H groups in total. The molecule has 18 heavy (non-hydrogen) atoms. The van der Waals surface area contributed by atoms with E-state index in [1.165, 1.54) is 10.6 Å². The lowest BCUT2D eigenvalue weighted by Gasteiger charge is -2.06. The molecule has 0 spiro atoms. The van der Waals surface area contributed by atoms with Gasteiger partial charge in [-0.2, -0.15) is 22.6 Å². The summed E-state index contributed by atoms with van der Waals surface area (Å²) in [7, 11) is 0. The lowest BCUT2D eigenvalue weighted by Crippen LogP contribution is -2.15. The number of thiazole rings is 1. The van der Waals surface area contributed by atoms with Crippen molar-refractivity contribution >= 4 is 27.9 Å². The minimum Gasteiger partial charge on any atom is -0.363 e. The van der Waals surface area contributed by atoms with E-state index in [9.17, 15) is 23.3 Å². The average molecular weight is 280 g/mol. The normalized spacial score (nSPS) is 11.9. The summed E-state index contributed by atoms with van der Waals surface area (Å²) in [5.41, 5.74) is 0. The van der Waals surface area contributed by atoms with Gasteiger partial charge in [-0.1, -0.05) is 11.3 Å². The summed E-state index contributed by atoms with van der Waals surface area (Å²) in [4.78, 5) is 14.4. The minimum absolute atomic E-state index is 0.143. The number of anilines is 1. The van der Waals surface area contributed by atoms with Crippen LogP contribution in [-0.2, 0) is 0 Å². The molecule has 0 aromatic carbocycles. The van der Waals surface area contributed by atoms with Gasteiger partial charge in [-0.15, -0.1) is 0 Å². The zero-order chi connectivity index (χ0) is 13.3. The van der Waals surface area contributed by atoms with Crippen molar-refractivity contribution in [1.29, 1.82) is 0 Å². The second-order valence-corrected chi connectivity index (χ2v) is 4.26. The van der Waals surface area contributed by atoms with Crippen molar-refractivity contribution in [2.75, 3.05) is 11.9 Å². The Morgan fingerprint density at radius 2 is 2.28 bits per heavy atom. The molecular weight excluding hydrogens is 273 g/mol. The summed E-state index contributed by atoms with van der Waals surface area (Å²) >= 11 is 1.16. The summed E-state index contributed by atoms with van der Waals surface area (Å²) in [5.74, 6) is -0.496. The Morgan fingerprint density at radius 1 is 1.56 bits per heavy atom. The van der Waals surface area contributed by atoms with Crippen molar-refractivity contribution < 1.29 is 18.1 Å². The fourth-order valence-electron chi connectivity index (χ4n) is 1.39. The highest BCUT2D eigenvalue weighted by molar-refractivity contribution is 7.15. The first kappa shape index (κ1) is 12.6. The van der Waals surface area contributed by atoms with Crippen molar-refractivity contribution in [2.45, 2.75) is 12.6 Å². The van der Waals surface area contributed by atoms with Crippen LogP contribution in [0.3, 0.4) is 0 Å². The van der Waals surface area contributed by atoms with Gasteiger partial charge in [-0.3, -0.25) is 0 Å². The van der Waals surface area contributed by atoms with Crippen molar-refractivity contribution in [1.82, 2.24) is 9.38 Å². The fourth-order valence-corrected chi connectivity index (χ4v) is 2.10. The number of alkyl halides is 3. The third-order valence-electron chi connectivity index (χ3n) is 2.11. The van der Waals surface area contributed by atoms with Crippen LogP contribution >= 0.6 is 11.3 Å². The van der Waals surface area contributed by atoms with E-state index in [1.807, 2.05) is 0 Å². The summed E-state index contributed by atoms with van der Waals surface area (Å²) in [5, 5.41) is 14.8. The zero-order valence-corrected chi connectivity index (χ0v) is 9.59. The molecule has 2 rings (SSSR count). The third kappa shape index (κ3) is 2.53. The Morgan fingerprint density at radius 3 is 2.89 bits per heavy atom. The summed E-state index contributed by atoms with van der Waals surface area (Å²) in [6.07, 6.45) is -3.94. The van der Waals surface area contributed by atoms with E-state index < -0.39 is 24.1 Å². The van der Waals surface area contributed by atoms with Crippen molar-refractivity contribution in [3.8, 4) is 0 Å². The number of hydrogen-bond acceptors (Lipinski definition) is 5. The predicted octanol–water partition coefficient (Wildman–Crippen LogP) is 2.67. The number of fused-ring (bicyclic) bond motifs is 1. The Balaban J connectivity index is 2.19. The molecule has 0 aliphatic heterocycles. The van der Waals surface area contributed by atoms with Gasteiger partial charge < -0.3 is 15.4 Å². The van der Waals surface area contributed by atoms with Crippen molar-refractivity contribution in [3.63, 3.8) is 0 Å². The largest absolute Gasteiger partial charge is 0.390 e. The van der Waals surface area contributed by atoms with Crippen LogP contribution in [0.1, 0.15) is 6.42 Å². The van der Waals surface area contributed by atoms with Gasteiger partial charge >= 0.3 is 12.0 Å². The molecule has 0 fully saturated rings. The predicted molar refractivity (Wildman–Crippen MR) is 58.9 cm³/mol. The lowest BCUT2D eigenvalue weighted by atomic mass is 10.4. The van der Waals surface area contributed by atoms with Crippen LogP contribution in [0.4, 0.5) is 24.8 Å². The molecule has 98 valence electrons. The number of nitro groups is 1. The third-order valence-corrected chi connectivity index (χ3v) is 2.87. The topological polar surface area (TPSA) is 72.5 Å². The quantitative estimate of drug-likeness (QED) is 0.690. The molecule has 0 bridgehead atoms. The second-order valence-electron chi connectivity index (χ2n) is 3.39. The first-order valence-corrected chi connectivity index (χ1v) is 5.67. The van der Waals surface area contributed by atoms with E-state index in [1.54, 1.807) is 5.38 Å². The molecule has 0 saturated heterocycles. The molecule has 2 heterocycles. The molecule has 0 aliphatic rings. The highest BCUT2D eigenvalue weighted by atomic mass is 32.1. The SMILES string of the molecule is O=[N+]([O-])c1c(NCCC(F)(F)F)nc2sccn12. The molecule has 0 aliphatic carbocycles. The van der Waals surface area contributed by atoms with E-state index in [2.05, 4.69) is 10.3 Å². The van der Waals surface area contributed by atoms with Gasteiger partial charge in [-0.25, -0.2) is 0 Å². The van der Waals surface area contributed by atoms with Gasteiger partial charge in [-0.05, 0) is 4.92 Å². The zero-order valence-electron chi connectivity index (χ0n) is 8.77. The van der Waals surface area contributed by atoms with Crippen LogP contribution in [-0.4, -0.2) is 27.0 Å². The van der Waals surface area contributed by atoms with Crippen LogP contribution in [0, 0.1) is 10.1 Å². The molecule has 2 aromatic rings. The smallest absolute Gasteiger partial charge is 0.363 e. The van der Waals surface area contributed by atoms with E-state index in [0.29, 0.717) is 4.96 Å². The molecule has 10 heteroatoms. The van der Waals surface area contributed by atoms with Gasteiger partial charge in [0, 0.05) is 11.9 Å². The van der Waals surface area contributed by atoms with E-state index >= 15 is 0 Å². The monoisotopic (exact) mass is 280 g/mol. The van der Waals surface area contributed by atoms with E-state index in [0.717, 1.165) is 11.3 Å². The summed E-state index contributed by atoms with van der Waals surface area (Å²) in [6, 6.07) is 0. The van der Waals surface area contributed by atoms with Crippen LogP contribution in [0.15, 0.2) is 11.6 Å². The molecule has 2 aromatic heterocycles. The number of hydrogen-bond donors (Lipinski definition) is 1. The van der Waals surface area contributed by atoms with Crippen molar-refractivity contribution in [2.24, 2.45) is 0 Å². The number of imidazole rings is 1. The lowest BCUT2D eigenvalue weighted by molar-refractivity contribution is -0.389. The average Bonchev–Trinajstić information content (AvgIpc) is 2.73. The molecule has 6 nitrogen and oxygen atoms in total. The minimum atomic E-state index is -4.31. The number of halogens is 3. The van der Waals surface area contributed by atoms with Crippen LogP contribution in [0.25, 0.3) is 4.96 Å². The van der Waals surface area contributed by atoms with E-state index in [-0.39, 0.29) is 11.6 Å². The highest BCUT2D eigenvalue weighted by Gasteiger charge is 2.28. The van der Waals surface area contributed by atoms with Crippen LogP contribution in [0.5, 0.6) is 0 Å². The van der Waals surface area contributed by atoms with Crippen LogP contribution in [0.2, 0.25) is 0 Å². The Kier molecular flexibility index (Phi) is 3.11. The van der Waals surface area contributed by atoms with Crippen LogP contribution < -0.4 is 5.32 Å². The summed E-state index contributed by atoms with van der Waals surface area (Å²) < 4.78 is 37.1. The molecule has 0 amide bonds. The number of aromatic nitrogens is 2. The maximum atomic E-state index is 12.0. The van der Waals surface area contributed by atoms with E-state index in [4.69, 9.17) is 0 Å². The number of rotatable bonds is 4. The Hall–Kier alpha value is -1.84. The van der Waals surface area contributed by atoms with Gasteiger partial charge in [0.25, 0.3) is 4.96 Å². The standard InChI is InChI=1S/C8H7F3N4O2S/c9-8(10,11)1-2-12-5-6(15(16)17)14-3-4-18-7(14)13-5/h3-4,12H,1-2H2. The van der Waals surface area contributed by atoms with Gasteiger partial charge in [0.15, 0.2) is 0 Å². The Labute approximate surface area is 102 Å². The summed E-state index contributed by atoms with van der Waals surface area (Å²) in [6.45, 7) is -0.449. The van der Waals surface area contributed by atoms with Gasteiger partial charge in [0.05, 0.1) is 6.42 Å². The highest BCUT2D eigenvalue weighted by Crippen LogP contribution is 2.28. The molecule has 0 radical (unpaired) electrons. The maximum absolute atomic E-state index is 12.0. The molecule has 0 unspecified atom stereocenters. The number of nitrogens with zero attached hydrogens (tertiary/aromatic N) is 3. The first-order chi connectivity index (χ1) is 8.38. The number of nitrogens with one attached hydrogen (secondary N) is 1. The fraction of sp³-hybridized carbons (Fsp3) is 0.375. The molecular formula is C8H7F3N4O2S. The molecule has 0 atom stereocenters. The maximum Gasteiger partial charge on any atom is 0.390 e. The second kappa shape index (κ2) is 4.44. The van der Waals surface area contributed by atoms with Gasteiger partial charge in [0.1, 0.15) is 6.20 Å². The van der Waals surface area contributed by atoms with Crippen molar-refractivity contribution in [3.05, 3.63) is 21.7 Å².